The smallest absolute Gasteiger partial charge is 0.278 e. The Kier molecular flexibility index (Phi) is 6.19. The summed E-state index contributed by atoms with van der Waals surface area (Å²) in [4.78, 5) is 22.6. The van der Waals surface area contributed by atoms with Crippen molar-refractivity contribution in [3.8, 4) is 11.1 Å². The van der Waals surface area contributed by atoms with Gasteiger partial charge in [0.1, 0.15) is 5.71 Å². The van der Waals surface area contributed by atoms with E-state index in [0.29, 0.717) is 12.4 Å². The molecule has 4 nitrogen and oxygen atoms in total. The van der Waals surface area contributed by atoms with Crippen LogP contribution in [-0.4, -0.2) is 36.3 Å². The third kappa shape index (κ3) is 4.41. The van der Waals surface area contributed by atoms with Gasteiger partial charge in [0.25, 0.3) is 5.91 Å². The average Bonchev–Trinajstić information content (AvgIpc) is 2.98. The van der Waals surface area contributed by atoms with Gasteiger partial charge in [-0.2, -0.15) is 0 Å². The first-order chi connectivity index (χ1) is 15.7. The van der Waals surface area contributed by atoms with Gasteiger partial charge in [-0.3, -0.25) is 14.6 Å². The molecule has 2 heterocycles. The van der Waals surface area contributed by atoms with Crippen LogP contribution in [0.3, 0.4) is 0 Å². The maximum atomic E-state index is 13.5. The molecule has 1 fully saturated rings. The van der Waals surface area contributed by atoms with Gasteiger partial charge in [-0.1, -0.05) is 71.2 Å². The first-order valence-corrected chi connectivity index (χ1v) is 12.1. The zero-order chi connectivity index (χ0) is 21.9. The number of carbonyl (C=O) groups is 1. The Hall–Kier alpha value is -2.76. The summed E-state index contributed by atoms with van der Waals surface area (Å²) < 4.78 is 0.952. The van der Waals surface area contributed by atoms with Crippen molar-refractivity contribution >= 4 is 38.9 Å². The molecule has 3 aromatic carbocycles. The van der Waals surface area contributed by atoms with Gasteiger partial charge in [0.15, 0.2) is 0 Å². The number of hydrogen-bond donors (Lipinski definition) is 0. The van der Waals surface area contributed by atoms with Gasteiger partial charge in [0.2, 0.25) is 0 Å². The summed E-state index contributed by atoms with van der Waals surface area (Å²) in [5.41, 5.74) is 5.45. The molecule has 2 aliphatic heterocycles. The van der Waals surface area contributed by atoms with Crippen LogP contribution in [0.4, 0.5) is 11.4 Å². The highest BCUT2D eigenvalue weighted by atomic mass is 79.9. The van der Waals surface area contributed by atoms with Crippen molar-refractivity contribution < 1.29 is 4.79 Å². The van der Waals surface area contributed by atoms with Crippen LogP contribution in [0.15, 0.2) is 82.3 Å². The van der Waals surface area contributed by atoms with Crippen molar-refractivity contribution in [2.75, 3.05) is 24.7 Å². The summed E-state index contributed by atoms with van der Waals surface area (Å²) in [5.74, 6) is -0.0190. The van der Waals surface area contributed by atoms with Gasteiger partial charge in [-0.15, -0.1) is 0 Å². The van der Waals surface area contributed by atoms with E-state index in [1.54, 1.807) is 0 Å². The van der Waals surface area contributed by atoms with Crippen molar-refractivity contribution in [1.82, 2.24) is 4.90 Å². The number of aliphatic imine (C=N–C) groups is 1. The molecule has 3 aromatic rings. The molecule has 0 unspecified atom stereocenters. The van der Waals surface area contributed by atoms with E-state index in [9.17, 15) is 4.79 Å². The number of benzene rings is 3. The summed E-state index contributed by atoms with van der Waals surface area (Å²) in [6, 6.07) is 24.4. The Balaban J connectivity index is 1.45. The Morgan fingerprint density at radius 1 is 0.812 bits per heavy atom. The van der Waals surface area contributed by atoms with E-state index in [-0.39, 0.29) is 5.91 Å². The largest absolute Gasteiger partial charge is 0.293 e. The summed E-state index contributed by atoms with van der Waals surface area (Å²) in [6.45, 7) is 2.71. The van der Waals surface area contributed by atoms with Gasteiger partial charge in [-0.25, -0.2) is 4.99 Å². The molecular formula is C27H26BrN3O. The van der Waals surface area contributed by atoms with Crippen LogP contribution in [0.2, 0.25) is 0 Å². The molecular weight excluding hydrogens is 462 g/mol. The number of halogens is 1. The van der Waals surface area contributed by atoms with Crippen LogP contribution in [0, 0.1) is 0 Å². The van der Waals surface area contributed by atoms with Crippen molar-refractivity contribution in [3.05, 3.63) is 82.8 Å². The number of nitrogens with zero attached hydrogens (tertiary/aromatic N) is 3. The molecule has 1 amide bonds. The number of fused-ring (bicyclic) bond motifs is 1. The summed E-state index contributed by atoms with van der Waals surface area (Å²) in [6.07, 6.45) is 4.95. The van der Waals surface area contributed by atoms with Gasteiger partial charge < -0.3 is 0 Å². The lowest BCUT2D eigenvalue weighted by Gasteiger charge is -2.26. The van der Waals surface area contributed by atoms with Gasteiger partial charge in [0, 0.05) is 10.0 Å². The SMILES string of the molecule is O=C1C(=Nc2ccc(-c3ccccc3)cc2)c2cc(Br)ccc2N1CN1CCCCCC1. The third-order valence-electron chi connectivity index (χ3n) is 6.21. The van der Waals surface area contributed by atoms with Gasteiger partial charge in [0.05, 0.1) is 18.0 Å². The van der Waals surface area contributed by atoms with E-state index in [4.69, 9.17) is 4.99 Å². The number of likely N-dealkylation sites (tertiary alicyclic amines) is 1. The molecule has 5 heteroatoms. The van der Waals surface area contributed by atoms with E-state index in [0.717, 1.165) is 40.1 Å². The van der Waals surface area contributed by atoms with Crippen molar-refractivity contribution in [3.63, 3.8) is 0 Å². The molecule has 1 saturated heterocycles. The molecule has 0 spiro atoms. The molecule has 2 aliphatic rings. The van der Waals surface area contributed by atoms with Crippen LogP contribution in [0.25, 0.3) is 11.1 Å². The van der Waals surface area contributed by atoms with Crippen LogP contribution in [0.5, 0.6) is 0 Å². The predicted molar refractivity (Wildman–Crippen MR) is 135 cm³/mol. The zero-order valence-electron chi connectivity index (χ0n) is 18.0. The molecule has 0 saturated carbocycles. The van der Waals surface area contributed by atoms with Crippen molar-refractivity contribution in [2.45, 2.75) is 25.7 Å². The molecule has 0 radical (unpaired) electrons. The highest BCUT2D eigenvalue weighted by Crippen LogP contribution is 2.34. The minimum Gasteiger partial charge on any atom is -0.293 e. The molecule has 0 aliphatic carbocycles. The topological polar surface area (TPSA) is 35.9 Å². The number of anilines is 1. The molecule has 32 heavy (non-hydrogen) atoms. The van der Waals surface area contributed by atoms with Crippen LogP contribution < -0.4 is 4.90 Å². The second-order valence-electron chi connectivity index (χ2n) is 8.44. The first kappa shape index (κ1) is 21.1. The second-order valence-corrected chi connectivity index (χ2v) is 9.36. The van der Waals surface area contributed by atoms with E-state index in [1.807, 2.05) is 53.4 Å². The maximum absolute atomic E-state index is 13.5. The lowest BCUT2D eigenvalue weighted by atomic mass is 10.1. The second kappa shape index (κ2) is 9.39. The molecule has 0 N–H and O–H groups in total. The van der Waals surface area contributed by atoms with E-state index >= 15 is 0 Å². The minimum atomic E-state index is -0.0190. The monoisotopic (exact) mass is 487 g/mol. The normalized spacial score (nSPS) is 18.1. The van der Waals surface area contributed by atoms with Gasteiger partial charge >= 0.3 is 0 Å². The van der Waals surface area contributed by atoms with Crippen LogP contribution >= 0.6 is 15.9 Å². The van der Waals surface area contributed by atoms with Crippen molar-refractivity contribution in [2.24, 2.45) is 4.99 Å². The molecule has 162 valence electrons. The van der Waals surface area contributed by atoms with Gasteiger partial charge in [-0.05, 0) is 67.4 Å². The molecule has 0 atom stereocenters. The zero-order valence-corrected chi connectivity index (χ0v) is 19.6. The summed E-state index contributed by atoms with van der Waals surface area (Å²) in [5, 5.41) is 0. The number of hydrogen-bond acceptors (Lipinski definition) is 3. The first-order valence-electron chi connectivity index (χ1n) is 11.3. The standard InChI is InChI=1S/C27H26BrN3O/c28-22-12-15-25-24(18-22)26(27(32)31(25)19-30-16-6-1-2-7-17-30)29-23-13-10-21(11-14-23)20-8-4-3-5-9-20/h3-5,8-15,18H,1-2,6-7,16-17,19H2. The number of rotatable bonds is 4. The third-order valence-corrected chi connectivity index (χ3v) is 6.70. The van der Waals surface area contributed by atoms with Crippen molar-refractivity contribution in [1.29, 1.82) is 0 Å². The Bertz CT molecular complexity index is 1130. The minimum absolute atomic E-state index is 0.0190. The summed E-state index contributed by atoms with van der Waals surface area (Å²) >= 11 is 3.57. The van der Waals surface area contributed by atoms with Crippen LogP contribution in [0.1, 0.15) is 31.2 Å². The quantitative estimate of drug-likeness (QED) is 0.425. The molecule has 0 aromatic heterocycles. The number of amides is 1. The fraction of sp³-hybridized carbons (Fsp3) is 0.259. The predicted octanol–water partition coefficient (Wildman–Crippen LogP) is 6.42. The Labute approximate surface area is 197 Å². The highest BCUT2D eigenvalue weighted by molar-refractivity contribution is 9.10. The Morgan fingerprint density at radius 3 is 2.22 bits per heavy atom. The fourth-order valence-electron chi connectivity index (χ4n) is 4.50. The summed E-state index contributed by atoms with van der Waals surface area (Å²) in [7, 11) is 0. The molecule has 5 rings (SSSR count). The Morgan fingerprint density at radius 2 is 1.50 bits per heavy atom. The van der Waals surface area contributed by atoms with E-state index < -0.39 is 0 Å². The maximum Gasteiger partial charge on any atom is 0.278 e. The van der Waals surface area contributed by atoms with E-state index in [2.05, 4.69) is 45.1 Å². The average molecular weight is 488 g/mol. The highest BCUT2D eigenvalue weighted by Gasteiger charge is 2.35. The molecule has 0 bridgehead atoms. The number of carbonyl (C=O) groups excluding carboxylic acids is 1. The van der Waals surface area contributed by atoms with Crippen LogP contribution in [-0.2, 0) is 4.79 Å². The lowest BCUT2D eigenvalue weighted by Crippen LogP contribution is -2.41. The lowest BCUT2D eigenvalue weighted by molar-refractivity contribution is -0.112. The van der Waals surface area contributed by atoms with E-state index in [1.165, 1.54) is 31.2 Å². The fourth-order valence-corrected chi connectivity index (χ4v) is 4.86.